The van der Waals surface area contributed by atoms with Crippen molar-refractivity contribution in [2.75, 3.05) is 13.1 Å². The SMILES string of the molecule is C=CCN1C[C@H](C(=O)N2[C@@H](C)C[C@@H]2C)C=C2c3cccc4[nH]cc(c34)C[C@H]21. The molecule has 0 unspecified atom stereocenters. The van der Waals surface area contributed by atoms with Crippen LogP contribution in [-0.4, -0.2) is 51.9 Å². The van der Waals surface area contributed by atoms with Crippen LogP contribution in [-0.2, 0) is 11.2 Å². The van der Waals surface area contributed by atoms with E-state index in [2.05, 4.69) is 65.7 Å². The van der Waals surface area contributed by atoms with Crippen molar-refractivity contribution in [3.8, 4) is 0 Å². The molecule has 1 fully saturated rings. The maximum absolute atomic E-state index is 13.3. The van der Waals surface area contributed by atoms with E-state index in [4.69, 9.17) is 0 Å². The van der Waals surface area contributed by atoms with Crippen LogP contribution >= 0.6 is 0 Å². The molecule has 1 aromatic carbocycles. The van der Waals surface area contributed by atoms with Crippen molar-refractivity contribution in [1.82, 2.24) is 14.8 Å². The maximum Gasteiger partial charge on any atom is 0.231 e. The zero-order chi connectivity index (χ0) is 18.7. The summed E-state index contributed by atoms with van der Waals surface area (Å²) in [5, 5.41) is 1.33. The first-order valence-corrected chi connectivity index (χ1v) is 10.1. The summed E-state index contributed by atoms with van der Waals surface area (Å²) in [5.74, 6) is 0.213. The van der Waals surface area contributed by atoms with Gasteiger partial charge in [-0.25, -0.2) is 0 Å². The number of H-pyrrole nitrogens is 1. The van der Waals surface area contributed by atoms with Crippen molar-refractivity contribution in [2.24, 2.45) is 5.92 Å². The van der Waals surface area contributed by atoms with Gasteiger partial charge in [-0.05, 0) is 49.5 Å². The Balaban J connectivity index is 1.59. The first kappa shape index (κ1) is 16.8. The highest BCUT2D eigenvalue weighted by atomic mass is 16.2. The van der Waals surface area contributed by atoms with Gasteiger partial charge in [-0.3, -0.25) is 9.69 Å². The van der Waals surface area contributed by atoms with E-state index in [0.717, 1.165) is 25.9 Å². The lowest BCUT2D eigenvalue weighted by molar-refractivity contribution is -0.146. The highest BCUT2D eigenvalue weighted by Gasteiger charge is 2.42. The van der Waals surface area contributed by atoms with Crippen LogP contribution in [0.3, 0.4) is 0 Å². The third-order valence-electron chi connectivity index (χ3n) is 6.69. The second-order valence-corrected chi connectivity index (χ2v) is 8.41. The first-order chi connectivity index (χ1) is 13.1. The number of hydrogen-bond donors (Lipinski definition) is 1. The van der Waals surface area contributed by atoms with Gasteiger partial charge in [-0.15, -0.1) is 6.58 Å². The Labute approximate surface area is 160 Å². The molecule has 0 bridgehead atoms. The van der Waals surface area contributed by atoms with Gasteiger partial charge in [0.05, 0.1) is 5.92 Å². The topological polar surface area (TPSA) is 39.3 Å². The molecule has 0 saturated carbocycles. The van der Waals surface area contributed by atoms with E-state index in [1.54, 1.807) is 0 Å². The Morgan fingerprint density at radius 1 is 1.33 bits per heavy atom. The molecule has 1 saturated heterocycles. The average Bonchev–Trinajstić information content (AvgIpc) is 3.06. The van der Waals surface area contributed by atoms with Gasteiger partial charge in [-0.1, -0.05) is 24.3 Å². The van der Waals surface area contributed by atoms with Crippen LogP contribution in [0.25, 0.3) is 16.5 Å². The van der Waals surface area contributed by atoms with Crippen molar-refractivity contribution < 1.29 is 4.79 Å². The van der Waals surface area contributed by atoms with Crippen molar-refractivity contribution in [1.29, 1.82) is 0 Å². The van der Waals surface area contributed by atoms with E-state index < -0.39 is 0 Å². The molecule has 3 heterocycles. The third kappa shape index (κ3) is 2.43. The van der Waals surface area contributed by atoms with Gasteiger partial charge in [-0.2, -0.15) is 0 Å². The number of aromatic nitrogens is 1. The predicted octanol–water partition coefficient (Wildman–Crippen LogP) is 3.60. The Bertz CT molecular complexity index is 948. The molecule has 4 nitrogen and oxygen atoms in total. The van der Waals surface area contributed by atoms with Crippen LogP contribution in [0.15, 0.2) is 43.1 Å². The Morgan fingerprint density at radius 3 is 2.89 bits per heavy atom. The van der Waals surface area contributed by atoms with E-state index in [1.807, 2.05) is 6.08 Å². The van der Waals surface area contributed by atoms with E-state index in [9.17, 15) is 4.79 Å². The molecule has 3 aliphatic rings. The molecule has 27 heavy (non-hydrogen) atoms. The summed E-state index contributed by atoms with van der Waals surface area (Å²) in [6, 6.07) is 7.52. The summed E-state index contributed by atoms with van der Waals surface area (Å²) >= 11 is 0. The lowest BCUT2D eigenvalue weighted by Gasteiger charge is -2.48. The monoisotopic (exact) mass is 361 g/mol. The summed E-state index contributed by atoms with van der Waals surface area (Å²) in [4.78, 5) is 21.2. The number of aromatic amines is 1. The minimum atomic E-state index is -0.0721. The summed E-state index contributed by atoms with van der Waals surface area (Å²) < 4.78 is 0. The van der Waals surface area contributed by atoms with Gasteiger partial charge < -0.3 is 9.88 Å². The Kier molecular flexibility index (Phi) is 3.80. The number of carbonyl (C=O) groups excluding carboxylic acids is 1. The van der Waals surface area contributed by atoms with Crippen molar-refractivity contribution >= 4 is 22.4 Å². The van der Waals surface area contributed by atoms with Gasteiger partial charge >= 0.3 is 0 Å². The molecule has 1 N–H and O–H groups in total. The standard InChI is InChI=1S/C23H27N3O/c1-4-8-25-13-17(23(27)26-14(2)9-15(26)3)10-19-18-6-5-7-20-22(18)16(12-24-20)11-21(19)25/h4-7,10,12,14-15,17,21,24H,1,8-9,11,13H2,2-3H3/t14-,15-,17+,21+/m0/s1. The minimum Gasteiger partial charge on any atom is -0.361 e. The molecule has 4 atom stereocenters. The number of rotatable bonds is 3. The number of carbonyl (C=O) groups is 1. The fourth-order valence-corrected chi connectivity index (χ4v) is 5.49. The second-order valence-electron chi connectivity index (χ2n) is 8.41. The first-order valence-electron chi connectivity index (χ1n) is 10.1. The van der Waals surface area contributed by atoms with Crippen LogP contribution < -0.4 is 0 Å². The highest BCUT2D eigenvalue weighted by molar-refractivity contribution is 5.99. The van der Waals surface area contributed by atoms with Crippen LogP contribution in [0, 0.1) is 5.92 Å². The van der Waals surface area contributed by atoms with Crippen LogP contribution in [0.1, 0.15) is 31.4 Å². The van der Waals surface area contributed by atoms with E-state index in [0.29, 0.717) is 18.1 Å². The van der Waals surface area contributed by atoms with Crippen molar-refractivity contribution in [2.45, 2.75) is 44.8 Å². The maximum atomic E-state index is 13.3. The fraction of sp³-hybridized carbons (Fsp3) is 0.435. The average molecular weight is 361 g/mol. The van der Waals surface area contributed by atoms with E-state index >= 15 is 0 Å². The lowest BCUT2D eigenvalue weighted by Crippen LogP contribution is -2.59. The largest absolute Gasteiger partial charge is 0.361 e. The zero-order valence-electron chi connectivity index (χ0n) is 16.1. The van der Waals surface area contributed by atoms with Gasteiger partial charge in [0, 0.05) is 48.3 Å². The molecule has 140 valence electrons. The minimum absolute atomic E-state index is 0.0721. The summed E-state index contributed by atoms with van der Waals surface area (Å²) in [6.45, 7) is 9.87. The molecule has 2 aliphatic heterocycles. The third-order valence-corrected chi connectivity index (χ3v) is 6.69. The molecule has 0 radical (unpaired) electrons. The summed E-state index contributed by atoms with van der Waals surface area (Å²) in [6.07, 6.45) is 8.49. The Morgan fingerprint density at radius 2 is 2.15 bits per heavy atom. The van der Waals surface area contributed by atoms with Gasteiger partial charge in [0.2, 0.25) is 5.91 Å². The van der Waals surface area contributed by atoms with Crippen LogP contribution in [0.2, 0.25) is 0 Å². The molecule has 1 aliphatic carbocycles. The van der Waals surface area contributed by atoms with E-state index in [1.165, 1.54) is 27.6 Å². The van der Waals surface area contributed by atoms with Crippen molar-refractivity contribution in [3.05, 3.63) is 54.3 Å². The quantitative estimate of drug-likeness (QED) is 0.849. The Hall–Kier alpha value is -2.33. The molecule has 2 aromatic rings. The molecule has 1 aromatic heterocycles. The van der Waals surface area contributed by atoms with Crippen LogP contribution in [0.4, 0.5) is 0 Å². The fourth-order valence-electron chi connectivity index (χ4n) is 5.49. The van der Waals surface area contributed by atoms with Gasteiger partial charge in [0.15, 0.2) is 0 Å². The molecule has 4 heteroatoms. The lowest BCUT2D eigenvalue weighted by atomic mass is 9.79. The number of fused-ring (bicyclic) bond motifs is 2. The predicted molar refractivity (Wildman–Crippen MR) is 109 cm³/mol. The summed E-state index contributed by atoms with van der Waals surface area (Å²) in [5.41, 5.74) is 5.18. The number of likely N-dealkylation sites (tertiary alicyclic amines) is 1. The molecular formula is C23H27N3O. The zero-order valence-corrected chi connectivity index (χ0v) is 16.1. The normalized spacial score (nSPS) is 29.9. The number of amides is 1. The number of nitrogens with one attached hydrogen (secondary N) is 1. The molecule has 1 amide bonds. The van der Waals surface area contributed by atoms with Gasteiger partial charge in [0.25, 0.3) is 0 Å². The summed E-state index contributed by atoms with van der Waals surface area (Å²) in [7, 11) is 0. The molecular weight excluding hydrogens is 334 g/mol. The number of benzene rings is 1. The van der Waals surface area contributed by atoms with Crippen LogP contribution in [0.5, 0.6) is 0 Å². The number of nitrogens with zero attached hydrogens (tertiary/aromatic N) is 2. The molecule has 0 spiro atoms. The van der Waals surface area contributed by atoms with E-state index in [-0.39, 0.29) is 11.8 Å². The smallest absolute Gasteiger partial charge is 0.231 e. The van der Waals surface area contributed by atoms with Crippen molar-refractivity contribution in [3.63, 3.8) is 0 Å². The number of hydrogen-bond acceptors (Lipinski definition) is 2. The molecule has 5 rings (SSSR count). The van der Waals surface area contributed by atoms with Gasteiger partial charge in [0.1, 0.15) is 0 Å². The second kappa shape index (κ2) is 6.10. The highest BCUT2D eigenvalue weighted by Crippen LogP contribution is 2.42.